The molecule has 0 atom stereocenters. The molecule has 0 unspecified atom stereocenters. The molecule has 0 aromatic rings. The van der Waals surface area contributed by atoms with Gasteiger partial charge in [0.05, 0.1) is 0 Å². The van der Waals surface area contributed by atoms with Crippen LogP contribution >= 0.6 is 0 Å². The van der Waals surface area contributed by atoms with Crippen LogP contribution in [0.5, 0.6) is 0 Å². The van der Waals surface area contributed by atoms with E-state index in [0.29, 0.717) is 0 Å². The third-order valence-electron chi connectivity index (χ3n) is 1.61. The highest BCUT2D eigenvalue weighted by molar-refractivity contribution is 4.66. The SMILES string of the molecule is C=CCCCCC[CH]CC. The molecule has 0 amide bonds. The molecule has 0 saturated heterocycles. The Bertz CT molecular complexity index is 64.4. The summed E-state index contributed by atoms with van der Waals surface area (Å²) in [5, 5.41) is 0. The summed E-state index contributed by atoms with van der Waals surface area (Å²) in [6.45, 7) is 5.88. The molecule has 0 bridgehead atoms. The van der Waals surface area contributed by atoms with Crippen molar-refractivity contribution in [3.63, 3.8) is 0 Å². The molecule has 0 aromatic heterocycles. The van der Waals surface area contributed by atoms with Gasteiger partial charge in [-0.25, -0.2) is 0 Å². The Morgan fingerprint density at radius 1 is 1.10 bits per heavy atom. The standard InChI is InChI=1S/C10H19/c1-3-5-7-9-10-8-6-4-2/h3,6H,1,4-5,7-10H2,2H3. The second kappa shape index (κ2) is 8.74. The van der Waals surface area contributed by atoms with Crippen molar-refractivity contribution in [3.8, 4) is 0 Å². The second-order valence-corrected chi connectivity index (χ2v) is 2.62. The van der Waals surface area contributed by atoms with Gasteiger partial charge in [-0.1, -0.05) is 38.7 Å². The summed E-state index contributed by atoms with van der Waals surface area (Å²) in [6, 6.07) is 0. The average Bonchev–Trinajstić information content (AvgIpc) is 1.97. The first kappa shape index (κ1) is 9.74. The van der Waals surface area contributed by atoms with Gasteiger partial charge >= 0.3 is 0 Å². The molecule has 0 heteroatoms. The molecular formula is C10H19. The van der Waals surface area contributed by atoms with E-state index in [1.54, 1.807) is 0 Å². The van der Waals surface area contributed by atoms with E-state index < -0.39 is 0 Å². The fourth-order valence-corrected chi connectivity index (χ4v) is 0.958. The average molecular weight is 139 g/mol. The molecule has 1 radical (unpaired) electrons. The Labute approximate surface area is 65.3 Å². The van der Waals surface area contributed by atoms with Crippen LogP contribution in [-0.2, 0) is 0 Å². The fourth-order valence-electron chi connectivity index (χ4n) is 0.958. The van der Waals surface area contributed by atoms with Gasteiger partial charge in [0.15, 0.2) is 0 Å². The van der Waals surface area contributed by atoms with E-state index in [0.717, 1.165) is 0 Å². The van der Waals surface area contributed by atoms with Crippen molar-refractivity contribution in [2.45, 2.75) is 45.4 Å². The van der Waals surface area contributed by atoms with E-state index in [2.05, 4.69) is 19.9 Å². The van der Waals surface area contributed by atoms with Crippen molar-refractivity contribution < 1.29 is 0 Å². The van der Waals surface area contributed by atoms with E-state index in [-0.39, 0.29) is 0 Å². The molecule has 59 valence electrons. The zero-order chi connectivity index (χ0) is 7.66. The van der Waals surface area contributed by atoms with Gasteiger partial charge in [-0.2, -0.15) is 0 Å². The van der Waals surface area contributed by atoms with Gasteiger partial charge in [0.25, 0.3) is 0 Å². The van der Waals surface area contributed by atoms with Crippen molar-refractivity contribution in [2.24, 2.45) is 0 Å². The van der Waals surface area contributed by atoms with Gasteiger partial charge in [0, 0.05) is 0 Å². The molecule has 0 aliphatic heterocycles. The lowest BCUT2D eigenvalue weighted by Crippen LogP contribution is -1.77. The normalized spacial score (nSPS) is 9.70. The lowest BCUT2D eigenvalue weighted by molar-refractivity contribution is 0.673. The van der Waals surface area contributed by atoms with E-state index in [9.17, 15) is 0 Å². The number of unbranched alkanes of at least 4 members (excludes halogenated alkanes) is 6. The number of hydrogen-bond donors (Lipinski definition) is 0. The van der Waals surface area contributed by atoms with E-state index in [1.165, 1.54) is 38.5 Å². The van der Waals surface area contributed by atoms with E-state index >= 15 is 0 Å². The van der Waals surface area contributed by atoms with Gasteiger partial charge < -0.3 is 0 Å². The molecule has 0 saturated carbocycles. The van der Waals surface area contributed by atoms with Gasteiger partial charge in [-0.3, -0.25) is 0 Å². The van der Waals surface area contributed by atoms with Gasteiger partial charge in [0.2, 0.25) is 0 Å². The molecule has 0 rings (SSSR count). The highest BCUT2D eigenvalue weighted by Crippen LogP contribution is 2.05. The smallest absolute Gasteiger partial charge is 0.0353 e. The highest BCUT2D eigenvalue weighted by atomic mass is 13.9. The summed E-state index contributed by atoms with van der Waals surface area (Å²) in [4.78, 5) is 0. The number of hydrogen-bond acceptors (Lipinski definition) is 0. The van der Waals surface area contributed by atoms with Crippen LogP contribution in [0.1, 0.15) is 45.4 Å². The molecular weight excluding hydrogens is 120 g/mol. The summed E-state index contributed by atoms with van der Waals surface area (Å²) < 4.78 is 0. The molecule has 10 heavy (non-hydrogen) atoms. The second-order valence-electron chi connectivity index (χ2n) is 2.62. The maximum Gasteiger partial charge on any atom is -0.0353 e. The van der Waals surface area contributed by atoms with Crippen LogP contribution in [-0.4, -0.2) is 0 Å². The topological polar surface area (TPSA) is 0 Å². The van der Waals surface area contributed by atoms with Gasteiger partial charge in [-0.05, 0) is 19.3 Å². The first-order valence-corrected chi connectivity index (χ1v) is 4.34. The largest absolute Gasteiger partial charge is 0.103 e. The van der Waals surface area contributed by atoms with Gasteiger partial charge in [-0.15, -0.1) is 6.58 Å². The molecule has 0 heterocycles. The van der Waals surface area contributed by atoms with Crippen LogP contribution in [0, 0.1) is 6.42 Å². The molecule has 0 spiro atoms. The molecule has 0 aromatic carbocycles. The van der Waals surface area contributed by atoms with Crippen molar-refractivity contribution in [2.75, 3.05) is 0 Å². The van der Waals surface area contributed by atoms with Crippen LogP contribution in [0.3, 0.4) is 0 Å². The maximum atomic E-state index is 3.69. The summed E-state index contributed by atoms with van der Waals surface area (Å²) in [5.74, 6) is 0. The third kappa shape index (κ3) is 7.74. The Hall–Kier alpha value is -0.260. The zero-order valence-corrected chi connectivity index (χ0v) is 7.10. The third-order valence-corrected chi connectivity index (χ3v) is 1.61. The van der Waals surface area contributed by atoms with Crippen LogP contribution < -0.4 is 0 Å². The minimum Gasteiger partial charge on any atom is -0.103 e. The maximum absolute atomic E-state index is 3.69. The first-order valence-electron chi connectivity index (χ1n) is 4.34. The molecule has 0 aliphatic rings. The Kier molecular flexibility index (Phi) is 8.51. The summed E-state index contributed by atoms with van der Waals surface area (Å²) in [5.41, 5.74) is 0. The van der Waals surface area contributed by atoms with Crippen molar-refractivity contribution >= 4 is 0 Å². The Balaban J connectivity index is 2.70. The number of allylic oxidation sites excluding steroid dienone is 1. The number of rotatable bonds is 7. The highest BCUT2D eigenvalue weighted by Gasteiger charge is 1.86. The quantitative estimate of drug-likeness (QED) is 0.372. The zero-order valence-electron chi connectivity index (χ0n) is 7.10. The van der Waals surface area contributed by atoms with E-state index in [1.807, 2.05) is 6.08 Å². The predicted octanol–water partition coefficient (Wildman–Crippen LogP) is 3.74. The Morgan fingerprint density at radius 2 is 1.80 bits per heavy atom. The van der Waals surface area contributed by atoms with Crippen molar-refractivity contribution in [1.29, 1.82) is 0 Å². The minimum atomic E-state index is 1.19. The fraction of sp³-hybridized carbons (Fsp3) is 0.700. The first-order chi connectivity index (χ1) is 4.91. The molecule has 0 N–H and O–H groups in total. The summed E-state index contributed by atoms with van der Waals surface area (Å²) in [6.07, 6.45) is 12.1. The van der Waals surface area contributed by atoms with Crippen LogP contribution in [0.15, 0.2) is 12.7 Å². The molecule has 0 fully saturated rings. The van der Waals surface area contributed by atoms with Crippen LogP contribution in [0.4, 0.5) is 0 Å². The molecule has 0 aliphatic carbocycles. The van der Waals surface area contributed by atoms with Crippen LogP contribution in [0.2, 0.25) is 0 Å². The van der Waals surface area contributed by atoms with Crippen LogP contribution in [0.25, 0.3) is 0 Å². The summed E-state index contributed by atoms with van der Waals surface area (Å²) >= 11 is 0. The minimum absolute atomic E-state index is 1.19. The summed E-state index contributed by atoms with van der Waals surface area (Å²) in [7, 11) is 0. The van der Waals surface area contributed by atoms with Crippen molar-refractivity contribution in [3.05, 3.63) is 19.1 Å². The lowest BCUT2D eigenvalue weighted by Gasteiger charge is -1.96. The monoisotopic (exact) mass is 139 g/mol. The Morgan fingerprint density at radius 3 is 2.40 bits per heavy atom. The molecule has 0 nitrogen and oxygen atoms in total. The lowest BCUT2D eigenvalue weighted by atomic mass is 10.1. The van der Waals surface area contributed by atoms with E-state index in [4.69, 9.17) is 0 Å². The predicted molar refractivity (Wildman–Crippen MR) is 47.9 cm³/mol. The van der Waals surface area contributed by atoms with Gasteiger partial charge in [0.1, 0.15) is 0 Å². The van der Waals surface area contributed by atoms with Crippen molar-refractivity contribution in [1.82, 2.24) is 0 Å².